The molecule has 0 amide bonds. The molecule has 1 aromatic carbocycles. The Morgan fingerprint density at radius 3 is 2.53 bits per heavy atom. The number of methoxy groups -OCH3 is 1. The molecule has 0 aliphatic rings. The zero-order valence-corrected chi connectivity index (χ0v) is 11.0. The summed E-state index contributed by atoms with van der Waals surface area (Å²) in [5.74, 6) is 5.44. The summed E-state index contributed by atoms with van der Waals surface area (Å²) in [7, 11) is 1.56. The Balaban J connectivity index is 2.86. The highest BCUT2D eigenvalue weighted by molar-refractivity contribution is 5.26. The first-order valence-corrected chi connectivity index (χ1v) is 6.07. The van der Waals surface area contributed by atoms with Crippen LogP contribution in [0.2, 0.25) is 0 Å². The van der Waals surface area contributed by atoms with Crippen molar-refractivity contribution in [3.05, 3.63) is 35.4 Å². The monoisotopic (exact) mass is 276 g/mol. The van der Waals surface area contributed by atoms with Crippen LogP contribution in [0, 0.1) is 0 Å². The van der Waals surface area contributed by atoms with E-state index in [9.17, 15) is 13.2 Å². The molecule has 108 valence electrons. The third kappa shape index (κ3) is 4.49. The van der Waals surface area contributed by atoms with Gasteiger partial charge in [0.05, 0.1) is 17.7 Å². The Bertz CT molecular complexity index is 392. The summed E-state index contributed by atoms with van der Waals surface area (Å²) in [5.41, 5.74) is 2.53. The van der Waals surface area contributed by atoms with E-state index < -0.39 is 11.7 Å². The maximum Gasteiger partial charge on any atom is 0.416 e. The number of halogens is 3. The fourth-order valence-electron chi connectivity index (χ4n) is 2.04. The molecule has 1 aromatic rings. The van der Waals surface area contributed by atoms with Crippen molar-refractivity contribution in [1.29, 1.82) is 0 Å². The van der Waals surface area contributed by atoms with Crippen molar-refractivity contribution in [2.24, 2.45) is 5.84 Å². The Hall–Kier alpha value is -1.11. The van der Waals surface area contributed by atoms with Gasteiger partial charge in [-0.05, 0) is 24.5 Å². The van der Waals surface area contributed by atoms with Gasteiger partial charge in [-0.3, -0.25) is 11.3 Å². The predicted molar refractivity (Wildman–Crippen MR) is 67.3 cm³/mol. The average Bonchev–Trinajstić information content (AvgIpc) is 2.38. The van der Waals surface area contributed by atoms with Crippen LogP contribution in [0.4, 0.5) is 13.2 Å². The Labute approximate surface area is 110 Å². The van der Waals surface area contributed by atoms with Crippen molar-refractivity contribution in [1.82, 2.24) is 5.43 Å². The van der Waals surface area contributed by atoms with Crippen LogP contribution in [0.3, 0.4) is 0 Å². The molecule has 0 saturated heterocycles. The van der Waals surface area contributed by atoms with E-state index in [4.69, 9.17) is 10.6 Å². The number of hydrazine groups is 1. The molecule has 0 radical (unpaired) electrons. The van der Waals surface area contributed by atoms with Crippen molar-refractivity contribution >= 4 is 0 Å². The van der Waals surface area contributed by atoms with E-state index in [0.717, 1.165) is 18.6 Å². The molecule has 2 unspecified atom stereocenters. The molecule has 19 heavy (non-hydrogen) atoms. The molecule has 0 bridgehead atoms. The van der Waals surface area contributed by atoms with Crippen molar-refractivity contribution in [2.75, 3.05) is 7.11 Å². The van der Waals surface area contributed by atoms with Crippen molar-refractivity contribution in [3.63, 3.8) is 0 Å². The average molecular weight is 276 g/mol. The molecule has 0 aromatic heterocycles. The molecule has 1 rings (SSSR count). The first kappa shape index (κ1) is 15.9. The molecule has 6 heteroatoms. The van der Waals surface area contributed by atoms with Crippen LogP contribution in [0.5, 0.6) is 0 Å². The summed E-state index contributed by atoms with van der Waals surface area (Å²) in [5, 5.41) is 0. The molecule has 0 saturated carbocycles. The van der Waals surface area contributed by atoms with Gasteiger partial charge in [0.2, 0.25) is 0 Å². The molecule has 2 atom stereocenters. The quantitative estimate of drug-likeness (QED) is 0.620. The molecule has 0 fully saturated rings. The molecule has 0 aliphatic carbocycles. The van der Waals surface area contributed by atoms with Gasteiger partial charge in [0.25, 0.3) is 0 Å². The lowest BCUT2D eigenvalue weighted by atomic mass is 9.98. The van der Waals surface area contributed by atoms with Crippen LogP contribution in [0.1, 0.15) is 24.5 Å². The van der Waals surface area contributed by atoms with Crippen LogP contribution >= 0.6 is 0 Å². The van der Waals surface area contributed by atoms with Crippen LogP contribution < -0.4 is 11.3 Å². The lowest BCUT2D eigenvalue weighted by Gasteiger charge is -2.24. The van der Waals surface area contributed by atoms with Crippen molar-refractivity contribution < 1.29 is 17.9 Å². The fourth-order valence-corrected chi connectivity index (χ4v) is 2.04. The van der Waals surface area contributed by atoms with Gasteiger partial charge in [0.15, 0.2) is 0 Å². The van der Waals surface area contributed by atoms with Crippen LogP contribution in [0.15, 0.2) is 24.3 Å². The van der Waals surface area contributed by atoms with Gasteiger partial charge in [-0.2, -0.15) is 13.2 Å². The zero-order chi connectivity index (χ0) is 14.5. The van der Waals surface area contributed by atoms with Gasteiger partial charge in [-0.15, -0.1) is 0 Å². The second kappa shape index (κ2) is 6.88. The van der Waals surface area contributed by atoms with Gasteiger partial charge in [-0.25, -0.2) is 0 Å². The van der Waals surface area contributed by atoms with Crippen LogP contribution in [0.25, 0.3) is 0 Å². The smallest absolute Gasteiger partial charge is 0.380 e. The molecular weight excluding hydrogens is 257 g/mol. The van der Waals surface area contributed by atoms with E-state index in [2.05, 4.69) is 5.43 Å². The molecule has 0 heterocycles. The van der Waals surface area contributed by atoms with E-state index in [-0.39, 0.29) is 12.1 Å². The number of nitrogens with two attached hydrogens (primary N) is 1. The normalized spacial score (nSPS) is 15.3. The largest absolute Gasteiger partial charge is 0.416 e. The number of ether oxygens (including phenoxy) is 1. The Morgan fingerprint density at radius 1 is 1.37 bits per heavy atom. The zero-order valence-electron chi connectivity index (χ0n) is 11.0. The van der Waals surface area contributed by atoms with Crippen molar-refractivity contribution in [2.45, 2.75) is 38.1 Å². The lowest BCUT2D eigenvalue weighted by molar-refractivity contribution is -0.137. The number of rotatable bonds is 6. The minimum absolute atomic E-state index is 0.139. The van der Waals surface area contributed by atoms with Gasteiger partial charge in [0.1, 0.15) is 0 Å². The number of nitrogens with one attached hydrogen (secondary N) is 1. The highest BCUT2D eigenvalue weighted by Crippen LogP contribution is 2.29. The van der Waals surface area contributed by atoms with Crippen molar-refractivity contribution in [3.8, 4) is 0 Å². The number of benzene rings is 1. The second-order valence-electron chi connectivity index (χ2n) is 4.36. The summed E-state index contributed by atoms with van der Waals surface area (Å²) in [6.07, 6.45) is -3.36. The maximum absolute atomic E-state index is 12.6. The van der Waals surface area contributed by atoms with E-state index in [1.165, 1.54) is 6.07 Å². The van der Waals surface area contributed by atoms with Crippen LogP contribution in [-0.2, 0) is 17.3 Å². The van der Waals surface area contributed by atoms with E-state index >= 15 is 0 Å². The fraction of sp³-hybridized carbons (Fsp3) is 0.538. The molecular formula is C13H19F3N2O. The Morgan fingerprint density at radius 2 is 2.05 bits per heavy atom. The maximum atomic E-state index is 12.6. The summed E-state index contributed by atoms with van der Waals surface area (Å²) in [6.45, 7) is 1.94. The molecule has 0 aliphatic heterocycles. The predicted octanol–water partition coefficient (Wildman–Crippen LogP) is 2.50. The summed E-state index contributed by atoms with van der Waals surface area (Å²) >= 11 is 0. The lowest BCUT2D eigenvalue weighted by Crippen LogP contribution is -2.46. The highest BCUT2D eigenvalue weighted by Gasteiger charge is 2.30. The van der Waals surface area contributed by atoms with Gasteiger partial charge >= 0.3 is 6.18 Å². The minimum Gasteiger partial charge on any atom is -0.380 e. The first-order valence-electron chi connectivity index (χ1n) is 6.07. The molecule has 0 spiro atoms. The number of hydrogen-bond acceptors (Lipinski definition) is 3. The third-order valence-electron chi connectivity index (χ3n) is 3.08. The van der Waals surface area contributed by atoms with Crippen LogP contribution in [-0.4, -0.2) is 19.3 Å². The van der Waals surface area contributed by atoms with Gasteiger partial charge in [0, 0.05) is 7.11 Å². The second-order valence-corrected chi connectivity index (χ2v) is 4.36. The topological polar surface area (TPSA) is 47.3 Å². The van der Waals surface area contributed by atoms with E-state index in [1.807, 2.05) is 6.92 Å². The highest BCUT2D eigenvalue weighted by atomic mass is 19.4. The molecule has 3 nitrogen and oxygen atoms in total. The molecule has 3 N–H and O–H groups in total. The van der Waals surface area contributed by atoms with E-state index in [0.29, 0.717) is 12.0 Å². The number of hydrogen-bond donors (Lipinski definition) is 2. The summed E-state index contributed by atoms with van der Waals surface area (Å²) in [4.78, 5) is 0. The summed E-state index contributed by atoms with van der Waals surface area (Å²) in [6, 6.07) is 5.04. The SMILES string of the molecule is CCC(OC)C(Cc1cccc(C(F)(F)F)c1)NN. The first-order chi connectivity index (χ1) is 8.92. The minimum atomic E-state index is -4.33. The third-order valence-corrected chi connectivity index (χ3v) is 3.08. The van der Waals surface area contributed by atoms with Gasteiger partial charge < -0.3 is 4.74 Å². The number of alkyl halides is 3. The standard InChI is InChI=1S/C13H19F3N2O/c1-3-12(19-2)11(18-17)8-9-5-4-6-10(7-9)13(14,15)16/h4-7,11-12,18H,3,8,17H2,1-2H3. The van der Waals surface area contributed by atoms with E-state index in [1.54, 1.807) is 13.2 Å². The Kier molecular flexibility index (Phi) is 5.78. The van der Waals surface area contributed by atoms with Gasteiger partial charge in [-0.1, -0.05) is 25.1 Å². The summed E-state index contributed by atoms with van der Waals surface area (Å²) < 4.78 is 43.1.